The predicted octanol–water partition coefficient (Wildman–Crippen LogP) is 3.08. The monoisotopic (exact) mass is 380 g/mol. The number of alkyl halides is 3. The van der Waals surface area contributed by atoms with E-state index in [-0.39, 0.29) is 18.1 Å². The molecule has 3 rings (SSSR count). The van der Waals surface area contributed by atoms with Gasteiger partial charge in [0, 0.05) is 18.0 Å². The van der Waals surface area contributed by atoms with Crippen LogP contribution in [0.1, 0.15) is 28.8 Å². The molecule has 3 heterocycles. The molecule has 0 fully saturated rings. The minimum atomic E-state index is -4.45. The van der Waals surface area contributed by atoms with Crippen molar-refractivity contribution in [1.29, 1.82) is 0 Å². The normalized spacial score (nSPS) is 11.7. The van der Waals surface area contributed by atoms with E-state index in [1.807, 2.05) is 6.92 Å². The summed E-state index contributed by atoms with van der Waals surface area (Å²) in [6.45, 7) is 0.574. The lowest BCUT2D eigenvalue weighted by molar-refractivity contribution is -0.154. The molecule has 0 radical (unpaired) electrons. The largest absolute Gasteiger partial charge is 0.476 e. The van der Waals surface area contributed by atoms with Crippen LogP contribution in [0.3, 0.4) is 0 Å². The van der Waals surface area contributed by atoms with Crippen LogP contribution in [-0.4, -0.2) is 43.6 Å². The highest BCUT2D eigenvalue weighted by Crippen LogP contribution is 2.23. The van der Waals surface area contributed by atoms with Gasteiger partial charge in [0.25, 0.3) is 0 Å². The van der Waals surface area contributed by atoms with Crippen LogP contribution in [0.15, 0.2) is 30.5 Å². The first-order chi connectivity index (χ1) is 12.8. The lowest BCUT2D eigenvalue weighted by Gasteiger charge is -2.10. The van der Waals surface area contributed by atoms with E-state index in [1.54, 1.807) is 16.8 Å². The van der Waals surface area contributed by atoms with Gasteiger partial charge >= 0.3 is 12.1 Å². The van der Waals surface area contributed by atoms with Gasteiger partial charge in [-0.2, -0.15) is 18.3 Å². The number of aryl methyl sites for hydroxylation is 1. The number of hydrogen-bond acceptors (Lipinski definition) is 5. The number of pyridine rings is 2. The van der Waals surface area contributed by atoms with E-state index in [0.29, 0.717) is 28.7 Å². The number of halogens is 3. The third-order valence-corrected chi connectivity index (χ3v) is 3.77. The number of ether oxygens (including phenoxy) is 1. The van der Waals surface area contributed by atoms with Gasteiger partial charge in [0.1, 0.15) is 0 Å². The van der Waals surface area contributed by atoms with E-state index in [1.165, 1.54) is 18.3 Å². The van der Waals surface area contributed by atoms with Gasteiger partial charge in [-0.25, -0.2) is 14.8 Å². The molecule has 0 amide bonds. The highest BCUT2D eigenvalue weighted by atomic mass is 19.4. The molecule has 0 aliphatic heterocycles. The average Bonchev–Trinajstić information content (AvgIpc) is 2.96. The minimum absolute atomic E-state index is 0.0918. The zero-order valence-corrected chi connectivity index (χ0v) is 14.2. The molecule has 0 saturated carbocycles. The van der Waals surface area contributed by atoms with Crippen LogP contribution in [0.2, 0.25) is 0 Å². The van der Waals surface area contributed by atoms with Crippen molar-refractivity contribution in [2.24, 2.45) is 0 Å². The van der Waals surface area contributed by atoms with E-state index in [0.717, 1.165) is 0 Å². The molecular weight excluding hydrogens is 365 g/mol. The summed E-state index contributed by atoms with van der Waals surface area (Å²) in [5, 5.41) is 14.2. The summed E-state index contributed by atoms with van der Waals surface area (Å²) in [5.41, 5.74) is 1.47. The summed E-state index contributed by atoms with van der Waals surface area (Å²) in [4.78, 5) is 19.4. The molecule has 142 valence electrons. The van der Waals surface area contributed by atoms with Gasteiger partial charge < -0.3 is 9.84 Å². The van der Waals surface area contributed by atoms with Crippen LogP contribution in [0.5, 0.6) is 5.88 Å². The molecule has 27 heavy (non-hydrogen) atoms. The molecule has 0 aliphatic carbocycles. The van der Waals surface area contributed by atoms with E-state index in [4.69, 9.17) is 0 Å². The van der Waals surface area contributed by atoms with Crippen molar-refractivity contribution in [2.75, 3.05) is 6.61 Å². The zero-order valence-electron chi connectivity index (χ0n) is 14.2. The molecule has 3 aromatic heterocycles. The first-order valence-electron chi connectivity index (χ1n) is 8.01. The molecule has 0 atom stereocenters. The smallest absolute Gasteiger partial charge is 0.422 e. The van der Waals surface area contributed by atoms with Crippen molar-refractivity contribution in [3.63, 3.8) is 0 Å². The van der Waals surface area contributed by atoms with Crippen LogP contribution >= 0.6 is 0 Å². The van der Waals surface area contributed by atoms with E-state index in [9.17, 15) is 23.1 Å². The summed E-state index contributed by atoms with van der Waals surface area (Å²) < 4.78 is 43.1. The second-order valence-corrected chi connectivity index (χ2v) is 5.69. The fraction of sp³-hybridized carbons (Fsp3) is 0.294. The molecular formula is C17H15F3N4O3. The Morgan fingerprint density at radius 3 is 2.74 bits per heavy atom. The number of fused-ring (bicyclic) bond motifs is 1. The SMILES string of the molecule is CCc1c2c(C(=O)O)nccc2nn1Cc1cccc(OCC(F)(F)F)n1. The lowest BCUT2D eigenvalue weighted by Crippen LogP contribution is -2.20. The maximum absolute atomic E-state index is 12.3. The molecule has 1 N–H and O–H groups in total. The molecule has 0 aliphatic rings. The van der Waals surface area contributed by atoms with Crippen molar-refractivity contribution in [3.8, 4) is 5.88 Å². The van der Waals surface area contributed by atoms with Gasteiger partial charge in [-0.05, 0) is 18.6 Å². The van der Waals surface area contributed by atoms with Crippen molar-refractivity contribution < 1.29 is 27.8 Å². The maximum atomic E-state index is 12.3. The number of rotatable bonds is 6. The third kappa shape index (κ3) is 4.15. The van der Waals surface area contributed by atoms with Crippen LogP contribution < -0.4 is 4.74 Å². The van der Waals surface area contributed by atoms with Gasteiger partial charge in [-0.1, -0.05) is 13.0 Å². The van der Waals surface area contributed by atoms with Gasteiger partial charge in [-0.3, -0.25) is 4.68 Å². The number of aromatic nitrogens is 4. The number of carboxylic acids is 1. The number of nitrogens with zero attached hydrogens (tertiary/aromatic N) is 4. The number of hydrogen-bond donors (Lipinski definition) is 1. The van der Waals surface area contributed by atoms with Crippen molar-refractivity contribution >= 4 is 16.9 Å². The Kier molecular flexibility index (Phi) is 4.98. The fourth-order valence-corrected chi connectivity index (χ4v) is 2.73. The Balaban J connectivity index is 1.93. The van der Waals surface area contributed by atoms with E-state index >= 15 is 0 Å². The summed E-state index contributed by atoms with van der Waals surface area (Å²) in [6, 6.07) is 6.10. The maximum Gasteiger partial charge on any atom is 0.422 e. The molecule has 10 heteroatoms. The first kappa shape index (κ1) is 18.6. The average molecular weight is 380 g/mol. The minimum Gasteiger partial charge on any atom is -0.476 e. The Labute approximate surface area is 151 Å². The Hall–Kier alpha value is -3.17. The van der Waals surface area contributed by atoms with E-state index in [2.05, 4.69) is 19.8 Å². The van der Waals surface area contributed by atoms with Gasteiger partial charge in [0.2, 0.25) is 5.88 Å². The number of carboxylic acid groups (broad SMARTS) is 1. The molecule has 0 aromatic carbocycles. The second-order valence-electron chi connectivity index (χ2n) is 5.69. The van der Waals surface area contributed by atoms with Crippen molar-refractivity contribution in [2.45, 2.75) is 26.1 Å². The van der Waals surface area contributed by atoms with Gasteiger partial charge in [0.15, 0.2) is 12.3 Å². The van der Waals surface area contributed by atoms with Crippen LogP contribution in [0.25, 0.3) is 10.9 Å². The highest BCUT2D eigenvalue weighted by molar-refractivity contribution is 6.01. The van der Waals surface area contributed by atoms with Crippen LogP contribution in [0.4, 0.5) is 13.2 Å². The molecule has 0 bridgehead atoms. The Morgan fingerprint density at radius 2 is 2.07 bits per heavy atom. The summed E-state index contributed by atoms with van der Waals surface area (Å²) in [6.07, 6.45) is -2.59. The summed E-state index contributed by atoms with van der Waals surface area (Å²) in [7, 11) is 0. The van der Waals surface area contributed by atoms with Gasteiger partial charge in [0.05, 0.1) is 23.1 Å². The molecule has 0 unspecified atom stereocenters. The van der Waals surface area contributed by atoms with Crippen LogP contribution in [-0.2, 0) is 13.0 Å². The predicted molar refractivity (Wildman–Crippen MR) is 88.8 cm³/mol. The molecule has 7 nitrogen and oxygen atoms in total. The molecule has 0 saturated heterocycles. The quantitative estimate of drug-likeness (QED) is 0.707. The number of aromatic carboxylic acids is 1. The zero-order chi connectivity index (χ0) is 19.6. The highest BCUT2D eigenvalue weighted by Gasteiger charge is 2.28. The summed E-state index contributed by atoms with van der Waals surface area (Å²) in [5.74, 6) is -1.30. The third-order valence-electron chi connectivity index (χ3n) is 3.77. The topological polar surface area (TPSA) is 90.1 Å². The van der Waals surface area contributed by atoms with E-state index < -0.39 is 18.8 Å². The Morgan fingerprint density at radius 1 is 1.30 bits per heavy atom. The van der Waals surface area contributed by atoms with Crippen molar-refractivity contribution in [3.05, 3.63) is 47.5 Å². The first-order valence-corrected chi connectivity index (χ1v) is 8.01. The summed E-state index contributed by atoms with van der Waals surface area (Å²) >= 11 is 0. The van der Waals surface area contributed by atoms with Crippen molar-refractivity contribution in [1.82, 2.24) is 19.7 Å². The second kappa shape index (κ2) is 7.22. The van der Waals surface area contributed by atoms with Gasteiger partial charge in [-0.15, -0.1) is 0 Å². The Bertz CT molecular complexity index is 985. The number of carbonyl (C=O) groups is 1. The van der Waals surface area contributed by atoms with Crippen LogP contribution in [0, 0.1) is 0 Å². The lowest BCUT2D eigenvalue weighted by atomic mass is 10.1. The fourth-order valence-electron chi connectivity index (χ4n) is 2.73. The molecule has 0 spiro atoms. The standard InChI is InChI=1S/C17H15F3N4O3/c1-2-12-14-11(6-7-21-15(14)16(25)26)23-24(12)8-10-4-3-5-13(22-10)27-9-17(18,19)20/h3-7H,2,8-9H2,1H3,(H,25,26). The molecule has 3 aromatic rings.